The predicted octanol–water partition coefficient (Wildman–Crippen LogP) is 2.80. The van der Waals surface area contributed by atoms with Crippen LogP contribution in [0.4, 0.5) is 0 Å². The Morgan fingerprint density at radius 1 is 1.44 bits per heavy atom. The summed E-state index contributed by atoms with van der Waals surface area (Å²) in [6, 6.07) is -0.0893. The predicted molar refractivity (Wildman–Crippen MR) is 118 cm³/mol. The molecule has 0 bridgehead atoms. The molecule has 0 saturated carbocycles. The van der Waals surface area contributed by atoms with Crippen molar-refractivity contribution in [2.24, 2.45) is 12.0 Å². The van der Waals surface area contributed by atoms with Crippen LogP contribution in [0.2, 0.25) is 0 Å². The zero-order valence-electron chi connectivity index (χ0n) is 16.3. The van der Waals surface area contributed by atoms with Crippen molar-refractivity contribution in [1.29, 1.82) is 0 Å². The number of thiazole rings is 1. The van der Waals surface area contributed by atoms with Gasteiger partial charge in [-0.3, -0.25) is 4.68 Å². The Morgan fingerprint density at radius 2 is 2.19 bits per heavy atom. The maximum absolute atomic E-state index is 12.0. The number of rotatable bonds is 7. The van der Waals surface area contributed by atoms with E-state index in [9.17, 15) is 4.79 Å². The summed E-state index contributed by atoms with van der Waals surface area (Å²) in [6.45, 7) is 9.24. The van der Waals surface area contributed by atoms with Gasteiger partial charge in [-0.15, -0.1) is 35.3 Å². The number of hydrogen-bond acceptors (Lipinski definition) is 6. The van der Waals surface area contributed by atoms with Gasteiger partial charge in [-0.2, -0.15) is 5.10 Å². The van der Waals surface area contributed by atoms with Gasteiger partial charge in [-0.25, -0.2) is 14.8 Å². The summed E-state index contributed by atoms with van der Waals surface area (Å²) in [5.41, 5.74) is 1.72. The topological polar surface area (TPSA) is 93.4 Å². The molecule has 2 aromatic rings. The third-order valence-corrected chi connectivity index (χ3v) is 4.84. The number of aryl methyl sites for hydroxylation is 2. The first-order chi connectivity index (χ1) is 12.4. The largest absolute Gasteiger partial charge is 0.462 e. The quantitative estimate of drug-likeness (QED) is 0.260. The lowest BCUT2D eigenvalue weighted by Crippen LogP contribution is -2.38. The number of carbonyl (C=O) groups is 1. The van der Waals surface area contributed by atoms with E-state index in [0.29, 0.717) is 29.7 Å². The molecule has 0 saturated heterocycles. The number of halogens is 1. The van der Waals surface area contributed by atoms with E-state index in [2.05, 4.69) is 25.7 Å². The molecule has 0 spiro atoms. The van der Waals surface area contributed by atoms with Gasteiger partial charge in [0, 0.05) is 25.4 Å². The average Bonchev–Trinajstić information content (AvgIpc) is 3.19. The van der Waals surface area contributed by atoms with Crippen LogP contribution in [-0.2, 0) is 18.3 Å². The Kier molecular flexibility index (Phi) is 9.70. The molecule has 0 aliphatic carbocycles. The fourth-order valence-electron chi connectivity index (χ4n) is 2.30. The number of nitrogens with one attached hydrogen (secondary N) is 2. The second-order valence-corrected chi connectivity index (χ2v) is 6.80. The Hall–Kier alpha value is -1.69. The van der Waals surface area contributed by atoms with Gasteiger partial charge in [-0.1, -0.05) is 0 Å². The zero-order chi connectivity index (χ0) is 19.1. The SMILES string of the molecule is CCNC(=NCc1cnn(C)c1)NC(C)c1nc(C)c(C(=O)OCC)s1.I. The molecule has 0 radical (unpaired) electrons. The van der Waals surface area contributed by atoms with Crippen molar-refractivity contribution in [1.82, 2.24) is 25.4 Å². The van der Waals surface area contributed by atoms with Crippen molar-refractivity contribution in [2.75, 3.05) is 13.2 Å². The minimum atomic E-state index is -0.321. The van der Waals surface area contributed by atoms with Crippen molar-refractivity contribution in [3.05, 3.63) is 33.5 Å². The molecule has 0 aliphatic rings. The van der Waals surface area contributed by atoms with Gasteiger partial charge in [0.05, 0.1) is 31.1 Å². The van der Waals surface area contributed by atoms with Crippen molar-refractivity contribution < 1.29 is 9.53 Å². The average molecular weight is 506 g/mol. The van der Waals surface area contributed by atoms with E-state index < -0.39 is 0 Å². The van der Waals surface area contributed by atoms with Gasteiger partial charge in [0.2, 0.25) is 0 Å². The molecule has 150 valence electrons. The third-order valence-electron chi connectivity index (χ3n) is 3.52. The number of esters is 1. The minimum absolute atomic E-state index is 0. The third kappa shape index (κ3) is 6.76. The van der Waals surface area contributed by atoms with E-state index in [1.165, 1.54) is 11.3 Å². The molecular weight excluding hydrogens is 479 g/mol. The Balaban J connectivity index is 0.00000364. The summed E-state index contributed by atoms with van der Waals surface area (Å²) in [5.74, 6) is 0.368. The Labute approximate surface area is 180 Å². The van der Waals surface area contributed by atoms with E-state index in [0.717, 1.165) is 17.1 Å². The molecule has 0 aliphatic heterocycles. The highest BCUT2D eigenvalue weighted by Crippen LogP contribution is 2.24. The van der Waals surface area contributed by atoms with E-state index in [-0.39, 0.29) is 36.0 Å². The number of hydrogen-bond donors (Lipinski definition) is 2. The summed E-state index contributed by atoms with van der Waals surface area (Å²) in [6.07, 6.45) is 3.73. The van der Waals surface area contributed by atoms with Gasteiger partial charge in [-0.05, 0) is 27.7 Å². The molecule has 2 aromatic heterocycles. The summed E-state index contributed by atoms with van der Waals surface area (Å²) < 4.78 is 6.83. The molecule has 0 aromatic carbocycles. The first-order valence-electron chi connectivity index (χ1n) is 8.61. The van der Waals surface area contributed by atoms with Crippen molar-refractivity contribution >= 4 is 47.2 Å². The molecular formula is C17H27IN6O2S. The molecule has 8 nitrogen and oxygen atoms in total. The second kappa shape index (κ2) is 11.2. The minimum Gasteiger partial charge on any atom is -0.462 e. The van der Waals surface area contributed by atoms with Crippen LogP contribution < -0.4 is 10.6 Å². The lowest BCUT2D eigenvalue weighted by atomic mass is 10.3. The highest BCUT2D eigenvalue weighted by Gasteiger charge is 2.20. The summed E-state index contributed by atoms with van der Waals surface area (Å²) in [5, 5.41) is 11.5. The Morgan fingerprint density at radius 3 is 2.78 bits per heavy atom. The fourth-order valence-corrected chi connectivity index (χ4v) is 3.26. The fraction of sp³-hybridized carbons (Fsp3) is 0.529. The smallest absolute Gasteiger partial charge is 0.350 e. The summed E-state index contributed by atoms with van der Waals surface area (Å²) in [4.78, 5) is 21.6. The molecule has 10 heteroatoms. The van der Waals surface area contributed by atoms with Crippen LogP contribution in [0, 0.1) is 6.92 Å². The first kappa shape index (κ1) is 23.3. The molecule has 1 atom stereocenters. The second-order valence-electron chi connectivity index (χ2n) is 5.77. The van der Waals surface area contributed by atoms with Crippen LogP contribution in [0.3, 0.4) is 0 Å². The molecule has 0 fully saturated rings. The van der Waals surface area contributed by atoms with Gasteiger partial charge in [0.1, 0.15) is 9.88 Å². The molecule has 2 rings (SSSR count). The van der Waals surface area contributed by atoms with Crippen molar-refractivity contribution in [2.45, 2.75) is 40.3 Å². The lowest BCUT2D eigenvalue weighted by Gasteiger charge is -2.15. The Bertz CT molecular complexity index is 773. The summed E-state index contributed by atoms with van der Waals surface area (Å²) >= 11 is 1.35. The maximum atomic E-state index is 12.0. The van der Waals surface area contributed by atoms with Crippen molar-refractivity contribution in [3.8, 4) is 0 Å². The van der Waals surface area contributed by atoms with Crippen LogP contribution in [-0.4, -0.2) is 39.8 Å². The van der Waals surface area contributed by atoms with E-state index in [1.807, 2.05) is 34.0 Å². The number of aliphatic imine (C=N–C) groups is 1. The van der Waals surface area contributed by atoms with Gasteiger partial charge in [0.15, 0.2) is 5.96 Å². The summed E-state index contributed by atoms with van der Waals surface area (Å²) in [7, 11) is 1.88. The number of ether oxygens (including phenoxy) is 1. The van der Waals surface area contributed by atoms with E-state index >= 15 is 0 Å². The highest BCUT2D eigenvalue weighted by molar-refractivity contribution is 14.0. The van der Waals surface area contributed by atoms with Gasteiger partial charge < -0.3 is 15.4 Å². The van der Waals surface area contributed by atoms with Crippen LogP contribution in [0.1, 0.15) is 52.7 Å². The molecule has 1 unspecified atom stereocenters. The number of aromatic nitrogens is 3. The van der Waals surface area contributed by atoms with Crippen LogP contribution in [0.5, 0.6) is 0 Å². The van der Waals surface area contributed by atoms with Crippen LogP contribution in [0.15, 0.2) is 17.4 Å². The number of carbonyl (C=O) groups excluding carboxylic acids is 1. The maximum Gasteiger partial charge on any atom is 0.350 e. The molecule has 2 heterocycles. The van der Waals surface area contributed by atoms with E-state index in [1.54, 1.807) is 17.8 Å². The van der Waals surface area contributed by atoms with Crippen molar-refractivity contribution in [3.63, 3.8) is 0 Å². The monoisotopic (exact) mass is 506 g/mol. The molecule has 27 heavy (non-hydrogen) atoms. The van der Waals surface area contributed by atoms with Gasteiger partial charge in [0.25, 0.3) is 0 Å². The first-order valence-corrected chi connectivity index (χ1v) is 9.43. The highest BCUT2D eigenvalue weighted by atomic mass is 127. The molecule has 0 amide bonds. The molecule has 2 N–H and O–H groups in total. The number of guanidine groups is 1. The van der Waals surface area contributed by atoms with Crippen LogP contribution in [0.25, 0.3) is 0 Å². The standard InChI is InChI=1S/C17H26N6O2S.HI/c1-6-18-17(19-8-13-9-20-23(5)10-13)22-12(4)15-21-11(3)14(26-15)16(24)25-7-2;/h9-10,12H,6-8H2,1-5H3,(H2,18,19,22);1H. The zero-order valence-corrected chi connectivity index (χ0v) is 19.4. The van der Waals surface area contributed by atoms with Gasteiger partial charge >= 0.3 is 5.97 Å². The lowest BCUT2D eigenvalue weighted by molar-refractivity contribution is 0.0531. The normalized spacial score (nSPS) is 12.3. The number of nitrogens with zero attached hydrogens (tertiary/aromatic N) is 4. The van der Waals surface area contributed by atoms with E-state index in [4.69, 9.17) is 4.74 Å². The van der Waals surface area contributed by atoms with Crippen LogP contribution >= 0.6 is 35.3 Å².